The third kappa shape index (κ3) is 6.27. The summed E-state index contributed by atoms with van der Waals surface area (Å²) in [5.74, 6) is -1.80. The normalized spacial score (nSPS) is 11.3. The van der Waals surface area contributed by atoms with Crippen LogP contribution in [0.15, 0.2) is 42.5 Å². The summed E-state index contributed by atoms with van der Waals surface area (Å²) in [6.45, 7) is 6.33. The number of amides is 2. The molecule has 0 saturated heterocycles. The number of anilines is 1. The maximum absolute atomic E-state index is 12.2. The second-order valence-corrected chi connectivity index (χ2v) is 6.74. The minimum Gasteiger partial charge on any atom is -0.451 e. The van der Waals surface area contributed by atoms with Gasteiger partial charge in [0.05, 0.1) is 0 Å². The van der Waals surface area contributed by atoms with E-state index in [1.54, 1.807) is 36.4 Å². The monoisotopic (exact) mass is 396 g/mol. The molecule has 1 atom stereocenters. The van der Waals surface area contributed by atoms with Crippen LogP contribution in [0.25, 0.3) is 0 Å². The van der Waals surface area contributed by atoms with E-state index in [0.29, 0.717) is 16.8 Å². The third-order valence-electron chi connectivity index (χ3n) is 4.38. The largest absolute Gasteiger partial charge is 0.451 e. The van der Waals surface area contributed by atoms with Gasteiger partial charge in [-0.15, -0.1) is 0 Å². The standard InChI is InChI=1S/C22H24N2O5/c1-13-8-9-18(10-14(13)2)22(28)23-12-20(26)29-16(4)21(27)24-19-7-5-6-17(11-19)15(3)25/h5-11,16H,12H2,1-4H3,(H,23,28)(H,24,27). The highest BCUT2D eigenvalue weighted by molar-refractivity contribution is 5.99. The predicted octanol–water partition coefficient (Wildman–Crippen LogP) is 2.81. The molecule has 0 aliphatic rings. The van der Waals surface area contributed by atoms with Crippen LogP contribution in [-0.2, 0) is 14.3 Å². The molecule has 0 aliphatic carbocycles. The van der Waals surface area contributed by atoms with Gasteiger partial charge in [0.25, 0.3) is 11.8 Å². The Hall–Kier alpha value is -3.48. The first-order chi connectivity index (χ1) is 13.7. The molecule has 0 aromatic heterocycles. The summed E-state index contributed by atoms with van der Waals surface area (Å²) in [5.41, 5.74) is 3.36. The van der Waals surface area contributed by atoms with Crippen molar-refractivity contribution in [2.75, 3.05) is 11.9 Å². The van der Waals surface area contributed by atoms with Gasteiger partial charge >= 0.3 is 5.97 Å². The van der Waals surface area contributed by atoms with Gasteiger partial charge in [-0.3, -0.25) is 19.2 Å². The number of nitrogens with one attached hydrogen (secondary N) is 2. The zero-order chi connectivity index (χ0) is 21.6. The van der Waals surface area contributed by atoms with Gasteiger partial charge < -0.3 is 15.4 Å². The summed E-state index contributed by atoms with van der Waals surface area (Å²) < 4.78 is 5.06. The third-order valence-corrected chi connectivity index (χ3v) is 4.38. The molecule has 7 nitrogen and oxygen atoms in total. The number of hydrogen-bond acceptors (Lipinski definition) is 5. The lowest BCUT2D eigenvalue weighted by Crippen LogP contribution is -2.35. The molecule has 0 bridgehead atoms. The van der Waals surface area contributed by atoms with Crippen molar-refractivity contribution in [1.82, 2.24) is 5.32 Å². The van der Waals surface area contributed by atoms with E-state index in [0.717, 1.165) is 11.1 Å². The number of aryl methyl sites for hydroxylation is 2. The predicted molar refractivity (Wildman–Crippen MR) is 109 cm³/mol. The number of carbonyl (C=O) groups is 4. The summed E-state index contributed by atoms with van der Waals surface area (Å²) in [4.78, 5) is 47.7. The second kappa shape index (κ2) is 9.64. The number of ketones is 1. The Labute approximate surface area is 169 Å². The lowest BCUT2D eigenvalue weighted by molar-refractivity contribution is -0.152. The van der Waals surface area contributed by atoms with Gasteiger partial charge in [-0.05, 0) is 63.1 Å². The van der Waals surface area contributed by atoms with E-state index in [-0.39, 0.29) is 12.3 Å². The number of rotatable bonds is 7. The second-order valence-electron chi connectivity index (χ2n) is 6.74. The van der Waals surface area contributed by atoms with Crippen LogP contribution in [-0.4, -0.2) is 36.2 Å². The maximum Gasteiger partial charge on any atom is 0.326 e. The van der Waals surface area contributed by atoms with Crippen LogP contribution in [0.5, 0.6) is 0 Å². The van der Waals surface area contributed by atoms with Crippen LogP contribution in [0.2, 0.25) is 0 Å². The topological polar surface area (TPSA) is 102 Å². The fraction of sp³-hybridized carbons (Fsp3) is 0.273. The molecular weight excluding hydrogens is 372 g/mol. The highest BCUT2D eigenvalue weighted by Crippen LogP contribution is 2.12. The summed E-state index contributed by atoms with van der Waals surface area (Å²) in [7, 11) is 0. The number of Topliss-reactive ketones (excluding diaryl/α,β-unsaturated/α-hetero) is 1. The zero-order valence-electron chi connectivity index (χ0n) is 16.9. The summed E-state index contributed by atoms with van der Waals surface area (Å²) in [5, 5.41) is 5.07. The van der Waals surface area contributed by atoms with Crippen molar-refractivity contribution in [2.24, 2.45) is 0 Å². The minimum atomic E-state index is -1.07. The van der Waals surface area contributed by atoms with E-state index in [1.807, 2.05) is 19.9 Å². The SMILES string of the molecule is CC(=O)c1cccc(NC(=O)C(C)OC(=O)CNC(=O)c2ccc(C)c(C)c2)c1. The molecule has 1 unspecified atom stereocenters. The number of ether oxygens (including phenoxy) is 1. The van der Waals surface area contributed by atoms with Gasteiger partial charge in [0, 0.05) is 16.8 Å². The molecule has 0 saturated carbocycles. The number of carbonyl (C=O) groups excluding carboxylic acids is 4. The quantitative estimate of drug-likeness (QED) is 0.554. The van der Waals surface area contributed by atoms with Crippen LogP contribution in [0, 0.1) is 13.8 Å². The van der Waals surface area contributed by atoms with Crippen molar-refractivity contribution in [2.45, 2.75) is 33.8 Å². The summed E-state index contributed by atoms with van der Waals surface area (Å²) in [6, 6.07) is 11.7. The van der Waals surface area contributed by atoms with Crippen LogP contribution < -0.4 is 10.6 Å². The summed E-state index contributed by atoms with van der Waals surface area (Å²) >= 11 is 0. The molecule has 2 aromatic rings. The molecule has 2 amide bonds. The Morgan fingerprint density at radius 1 is 0.966 bits per heavy atom. The molecular formula is C22H24N2O5. The van der Waals surface area contributed by atoms with Crippen molar-refractivity contribution in [3.63, 3.8) is 0 Å². The minimum absolute atomic E-state index is 0.125. The molecule has 0 aliphatic heterocycles. The van der Waals surface area contributed by atoms with Crippen molar-refractivity contribution in [3.8, 4) is 0 Å². The average molecular weight is 396 g/mol. The van der Waals surface area contributed by atoms with Crippen LogP contribution in [0.1, 0.15) is 45.7 Å². The van der Waals surface area contributed by atoms with Crippen LogP contribution >= 0.6 is 0 Å². The average Bonchev–Trinajstić information content (AvgIpc) is 2.68. The Bertz CT molecular complexity index is 952. The highest BCUT2D eigenvalue weighted by atomic mass is 16.5. The van der Waals surface area contributed by atoms with Crippen molar-refractivity contribution in [1.29, 1.82) is 0 Å². The summed E-state index contributed by atoms with van der Waals surface area (Å²) in [6.07, 6.45) is -1.07. The molecule has 0 heterocycles. The van der Waals surface area contributed by atoms with Gasteiger partial charge in [0.1, 0.15) is 6.54 Å². The molecule has 2 aromatic carbocycles. The smallest absolute Gasteiger partial charge is 0.326 e. The van der Waals surface area contributed by atoms with Gasteiger partial charge in [-0.2, -0.15) is 0 Å². The van der Waals surface area contributed by atoms with Gasteiger partial charge in [-0.25, -0.2) is 0 Å². The first-order valence-corrected chi connectivity index (χ1v) is 9.14. The molecule has 0 radical (unpaired) electrons. The molecule has 0 fully saturated rings. The fourth-order valence-corrected chi connectivity index (χ4v) is 2.49. The Balaban J connectivity index is 1.85. The Morgan fingerprint density at radius 3 is 2.34 bits per heavy atom. The van der Waals surface area contributed by atoms with Gasteiger partial charge in [-0.1, -0.05) is 18.2 Å². The van der Waals surface area contributed by atoms with Crippen molar-refractivity contribution < 1.29 is 23.9 Å². The number of benzene rings is 2. The maximum atomic E-state index is 12.2. The van der Waals surface area contributed by atoms with E-state index in [1.165, 1.54) is 13.8 Å². The molecule has 152 valence electrons. The first kappa shape index (κ1) is 21.8. The molecule has 29 heavy (non-hydrogen) atoms. The lowest BCUT2D eigenvalue weighted by Gasteiger charge is -2.14. The number of esters is 1. The van der Waals surface area contributed by atoms with Gasteiger partial charge in [0.15, 0.2) is 11.9 Å². The van der Waals surface area contributed by atoms with Crippen LogP contribution in [0.3, 0.4) is 0 Å². The molecule has 0 spiro atoms. The fourth-order valence-electron chi connectivity index (χ4n) is 2.49. The van der Waals surface area contributed by atoms with Crippen LogP contribution in [0.4, 0.5) is 5.69 Å². The van der Waals surface area contributed by atoms with E-state index in [4.69, 9.17) is 4.74 Å². The van der Waals surface area contributed by atoms with Crippen molar-refractivity contribution in [3.05, 3.63) is 64.7 Å². The van der Waals surface area contributed by atoms with E-state index < -0.39 is 23.9 Å². The molecule has 2 rings (SSSR count). The van der Waals surface area contributed by atoms with E-state index in [2.05, 4.69) is 10.6 Å². The number of hydrogen-bond donors (Lipinski definition) is 2. The Morgan fingerprint density at radius 2 is 1.69 bits per heavy atom. The molecule has 7 heteroatoms. The lowest BCUT2D eigenvalue weighted by atomic mass is 10.1. The van der Waals surface area contributed by atoms with Gasteiger partial charge in [0.2, 0.25) is 0 Å². The van der Waals surface area contributed by atoms with E-state index in [9.17, 15) is 19.2 Å². The molecule has 2 N–H and O–H groups in total. The van der Waals surface area contributed by atoms with E-state index >= 15 is 0 Å². The first-order valence-electron chi connectivity index (χ1n) is 9.14. The Kier molecular flexibility index (Phi) is 7.25. The van der Waals surface area contributed by atoms with Crippen molar-refractivity contribution >= 4 is 29.3 Å². The highest BCUT2D eigenvalue weighted by Gasteiger charge is 2.19. The zero-order valence-corrected chi connectivity index (χ0v) is 16.9.